The monoisotopic (exact) mass is 302 g/mol. The summed E-state index contributed by atoms with van der Waals surface area (Å²) in [6.45, 7) is 3.36. The molecule has 1 amide bonds. The molecule has 3 rings (SSSR count). The number of thiazole rings is 1. The van der Waals surface area contributed by atoms with Gasteiger partial charge in [-0.25, -0.2) is 4.98 Å². The van der Waals surface area contributed by atoms with Crippen LogP contribution in [0.1, 0.15) is 11.9 Å². The number of hydrogen-bond acceptors (Lipinski definition) is 5. The molecule has 0 saturated carbocycles. The zero-order valence-electron chi connectivity index (χ0n) is 11.6. The quantitative estimate of drug-likeness (QED) is 0.722. The maximum absolute atomic E-state index is 10.9. The molecule has 0 unspecified atom stereocenters. The van der Waals surface area contributed by atoms with Gasteiger partial charge in [-0.3, -0.25) is 14.6 Å². The highest BCUT2D eigenvalue weighted by atomic mass is 32.1. The molecule has 3 aromatic rings. The van der Waals surface area contributed by atoms with Gasteiger partial charge in [0.25, 0.3) is 0 Å². The summed E-state index contributed by atoms with van der Waals surface area (Å²) in [6, 6.07) is 3.34. The van der Waals surface area contributed by atoms with E-state index in [1.165, 1.54) is 30.1 Å². The van der Waals surface area contributed by atoms with Crippen molar-refractivity contribution in [1.29, 1.82) is 0 Å². The highest BCUT2D eigenvalue weighted by molar-refractivity contribution is 7.18. The number of nitrogens with zero attached hydrogens (tertiary/aromatic N) is 2. The molecule has 0 fully saturated rings. The molecule has 6 nitrogen and oxygen atoms in total. The van der Waals surface area contributed by atoms with E-state index >= 15 is 0 Å². The highest BCUT2D eigenvalue weighted by Crippen LogP contribution is 2.18. The number of nitrogens with one attached hydrogen (secondary N) is 2. The molecule has 21 heavy (non-hydrogen) atoms. The van der Waals surface area contributed by atoms with E-state index in [0.29, 0.717) is 0 Å². The van der Waals surface area contributed by atoms with Crippen molar-refractivity contribution in [2.24, 2.45) is 0 Å². The molecule has 7 heteroatoms. The average molecular weight is 302 g/mol. The van der Waals surface area contributed by atoms with Crippen molar-refractivity contribution in [1.82, 2.24) is 15.0 Å². The lowest BCUT2D eigenvalue weighted by molar-refractivity contribution is -0.114. The minimum Gasteiger partial charge on any atom is -0.366 e. The molecule has 0 spiro atoms. The van der Waals surface area contributed by atoms with Crippen molar-refractivity contribution in [3.05, 3.63) is 52.2 Å². The summed E-state index contributed by atoms with van der Waals surface area (Å²) in [4.78, 5) is 32.4. The molecule has 0 aliphatic heterocycles. The third-order valence-electron chi connectivity index (χ3n) is 2.43. The Morgan fingerprint density at radius 2 is 2.19 bits per heavy atom. The number of rotatable bonds is 1. The normalized spacial score (nSPS) is 9.81. The molecule has 2 N–H and O–H groups in total. The molecular weight excluding hydrogens is 288 g/mol. The van der Waals surface area contributed by atoms with Gasteiger partial charge in [-0.15, -0.1) is 11.3 Å². The second-order valence-electron chi connectivity index (χ2n) is 4.18. The number of carbonyl (C=O) groups is 1. The first-order valence-electron chi connectivity index (χ1n) is 6.18. The van der Waals surface area contributed by atoms with Crippen LogP contribution in [0.3, 0.4) is 0 Å². The lowest BCUT2D eigenvalue weighted by Crippen LogP contribution is -2.14. The minimum absolute atomic E-state index is 0.195. The second kappa shape index (κ2) is 6.76. The molecule has 0 aliphatic carbocycles. The first-order valence-corrected chi connectivity index (χ1v) is 7.00. The molecule has 0 bridgehead atoms. The van der Waals surface area contributed by atoms with Crippen molar-refractivity contribution in [2.45, 2.75) is 13.8 Å². The molecule has 0 aromatic carbocycles. The Morgan fingerprint density at radius 1 is 1.38 bits per heavy atom. The minimum atomic E-state index is -0.248. The molecule has 3 aromatic heterocycles. The molecule has 0 saturated heterocycles. The van der Waals surface area contributed by atoms with Crippen LogP contribution in [0.25, 0.3) is 10.2 Å². The first-order chi connectivity index (χ1) is 10.1. The van der Waals surface area contributed by atoms with Crippen molar-refractivity contribution >= 4 is 33.1 Å². The van der Waals surface area contributed by atoms with Gasteiger partial charge in [-0.1, -0.05) is 0 Å². The number of pyridine rings is 2. The molecule has 0 aliphatic rings. The van der Waals surface area contributed by atoms with Gasteiger partial charge in [-0.2, -0.15) is 0 Å². The Morgan fingerprint density at radius 3 is 2.86 bits per heavy atom. The number of anilines is 1. The van der Waals surface area contributed by atoms with E-state index in [9.17, 15) is 9.59 Å². The van der Waals surface area contributed by atoms with Crippen LogP contribution < -0.4 is 10.7 Å². The second-order valence-corrected chi connectivity index (χ2v) is 5.41. The number of hydrogen-bond donors (Lipinski definition) is 2. The summed E-state index contributed by atoms with van der Waals surface area (Å²) in [7, 11) is 0. The maximum Gasteiger partial charge on any atom is 0.221 e. The number of aromatic nitrogens is 3. The number of carbonyl (C=O) groups excluding carboxylic acids is 1. The van der Waals surface area contributed by atoms with E-state index in [1.807, 2.05) is 13.0 Å². The average Bonchev–Trinajstić information content (AvgIpc) is 2.81. The van der Waals surface area contributed by atoms with Gasteiger partial charge in [0, 0.05) is 31.6 Å². The lowest BCUT2D eigenvalue weighted by atomic mass is 10.4. The zero-order valence-corrected chi connectivity index (χ0v) is 12.4. The van der Waals surface area contributed by atoms with Gasteiger partial charge in [-0.05, 0) is 13.0 Å². The third kappa shape index (κ3) is 4.22. The highest BCUT2D eigenvalue weighted by Gasteiger charge is 1.97. The van der Waals surface area contributed by atoms with Crippen molar-refractivity contribution in [2.75, 3.05) is 5.32 Å². The zero-order chi connectivity index (χ0) is 15.2. The first kappa shape index (κ1) is 14.9. The Bertz CT molecular complexity index is 777. The van der Waals surface area contributed by atoms with Gasteiger partial charge < -0.3 is 10.3 Å². The van der Waals surface area contributed by atoms with Crippen LogP contribution in [0.15, 0.2) is 41.7 Å². The topological polar surface area (TPSA) is 87.7 Å². The van der Waals surface area contributed by atoms with Crippen LogP contribution in [0.4, 0.5) is 5.69 Å². The Labute approximate surface area is 124 Å². The van der Waals surface area contributed by atoms with Gasteiger partial charge >= 0.3 is 0 Å². The van der Waals surface area contributed by atoms with Crippen LogP contribution in [0, 0.1) is 6.92 Å². The summed E-state index contributed by atoms with van der Waals surface area (Å²) < 4.78 is 1.22. The summed E-state index contributed by atoms with van der Waals surface area (Å²) in [5.41, 5.74) is 1.09. The van der Waals surface area contributed by atoms with Crippen LogP contribution in [-0.4, -0.2) is 20.9 Å². The van der Waals surface area contributed by atoms with E-state index in [4.69, 9.17) is 0 Å². The fourth-order valence-electron chi connectivity index (χ4n) is 1.60. The molecule has 0 radical (unpaired) electrons. The SMILES string of the molecule is CC(=O)Nc1c[nH]ccc1=O.Cc1nc2cnccc2s1. The van der Waals surface area contributed by atoms with E-state index < -0.39 is 0 Å². The molecule has 108 valence electrons. The molecule has 0 atom stereocenters. The van der Waals surface area contributed by atoms with E-state index in [2.05, 4.69) is 20.3 Å². The van der Waals surface area contributed by atoms with Crippen molar-refractivity contribution in [3.8, 4) is 0 Å². The fraction of sp³-hybridized carbons (Fsp3) is 0.143. The summed E-state index contributed by atoms with van der Waals surface area (Å²) >= 11 is 1.70. The van der Waals surface area contributed by atoms with E-state index in [1.54, 1.807) is 23.7 Å². The molecule has 3 heterocycles. The molecular formula is C14H14N4O2S. The van der Waals surface area contributed by atoms with E-state index in [-0.39, 0.29) is 17.0 Å². The van der Waals surface area contributed by atoms with Crippen LogP contribution in [-0.2, 0) is 4.79 Å². The lowest BCUT2D eigenvalue weighted by Gasteiger charge is -1.97. The third-order valence-corrected chi connectivity index (χ3v) is 3.38. The predicted molar refractivity (Wildman–Crippen MR) is 83.5 cm³/mol. The fourth-order valence-corrected chi connectivity index (χ4v) is 2.39. The van der Waals surface area contributed by atoms with Crippen molar-refractivity contribution < 1.29 is 4.79 Å². The Kier molecular flexibility index (Phi) is 4.78. The van der Waals surface area contributed by atoms with Gasteiger partial charge in [0.05, 0.1) is 21.4 Å². The smallest absolute Gasteiger partial charge is 0.221 e. The number of fused-ring (bicyclic) bond motifs is 1. The Balaban J connectivity index is 0.000000154. The van der Waals surface area contributed by atoms with Crippen LogP contribution in [0.2, 0.25) is 0 Å². The maximum atomic E-state index is 10.9. The largest absolute Gasteiger partial charge is 0.366 e. The number of aryl methyl sites for hydroxylation is 1. The van der Waals surface area contributed by atoms with Crippen LogP contribution in [0.5, 0.6) is 0 Å². The van der Waals surface area contributed by atoms with Gasteiger partial charge in [0.2, 0.25) is 11.3 Å². The summed E-state index contributed by atoms with van der Waals surface area (Å²) in [5, 5.41) is 3.49. The summed E-state index contributed by atoms with van der Waals surface area (Å²) in [5.74, 6) is -0.248. The number of amides is 1. The number of H-pyrrole nitrogens is 1. The van der Waals surface area contributed by atoms with Gasteiger partial charge in [0.15, 0.2) is 0 Å². The Hall–Kier alpha value is -2.54. The van der Waals surface area contributed by atoms with E-state index in [0.717, 1.165) is 10.5 Å². The predicted octanol–water partition coefficient (Wildman–Crippen LogP) is 2.33. The van der Waals surface area contributed by atoms with Crippen LogP contribution >= 0.6 is 11.3 Å². The van der Waals surface area contributed by atoms with Crippen molar-refractivity contribution in [3.63, 3.8) is 0 Å². The summed E-state index contributed by atoms with van der Waals surface area (Å²) in [6.07, 6.45) is 6.54. The number of aromatic amines is 1. The standard InChI is InChI=1S/C7H8N2O2.C7H6N2S/c1-5(10)9-6-4-8-3-2-7(6)11;1-5-9-6-4-8-3-2-7(6)10-5/h2-4H,1H3,(H,8,11)(H,9,10);2-4H,1H3. The van der Waals surface area contributed by atoms with Gasteiger partial charge in [0.1, 0.15) is 5.69 Å².